The van der Waals surface area contributed by atoms with Crippen LogP contribution in [0.15, 0.2) is 48.7 Å². The summed E-state index contributed by atoms with van der Waals surface area (Å²) in [5.74, 6) is 1.18. The summed E-state index contributed by atoms with van der Waals surface area (Å²) in [6.45, 7) is 6.92. The standard InChI is InChI=1S/C22H30N4O2/c1-18(2)16-26-21(12-13-23-26)24-22(27)25(17-20-11-7-15-28-20)14-6-10-19-8-4-3-5-9-19/h3-6,8-10,12-13,18,20H,7,11,14-17H2,1-2H3,(H,24,27)/b10-6+. The van der Waals surface area contributed by atoms with E-state index < -0.39 is 0 Å². The lowest BCUT2D eigenvalue weighted by Gasteiger charge is -2.25. The fraction of sp³-hybridized carbons (Fsp3) is 0.455. The van der Waals surface area contributed by atoms with Crippen LogP contribution in [0.25, 0.3) is 6.08 Å². The minimum absolute atomic E-state index is 0.108. The maximum Gasteiger partial charge on any atom is 0.323 e. The Bertz CT molecular complexity index is 764. The second-order valence-electron chi connectivity index (χ2n) is 7.58. The highest BCUT2D eigenvalue weighted by Crippen LogP contribution is 2.15. The molecule has 1 aromatic heterocycles. The van der Waals surface area contributed by atoms with Crippen molar-refractivity contribution in [1.29, 1.82) is 0 Å². The van der Waals surface area contributed by atoms with Gasteiger partial charge < -0.3 is 9.64 Å². The van der Waals surface area contributed by atoms with Crippen molar-refractivity contribution in [3.63, 3.8) is 0 Å². The first kappa shape index (κ1) is 20.1. The van der Waals surface area contributed by atoms with E-state index in [4.69, 9.17) is 4.74 Å². The van der Waals surface area contributed by atoms with E-state index in [-0.39, 0.29) is 12.1 Å². The average molecular weight is 383 g/mol. The molecule has 1 aliphatic heterocycles. The third-order valence-electron chi connectivity index (χ3n) is 4.66. The number of anilines is 1. The zero-order chi connectivity index (χ0) is 19.8. The zero-order valence-electron chi connectivity index (χ0n) is 16.8. The normalized spacial score (nSPS) is 16.8. The van der Waals surface area contributed by atoms with Gasteiger partial charge >= 0.3 is 6.03 Å². The second-order valence-corrected chi connectivity index (χ2v) is 7.58. The molecule has 0 aliphatic carbocycles. The van der Waals surface area contributed by atoms with Gasteiger partial charge in [-0.05, 0) is 24.3 Å². The number of benzene rings is 1. The molecule has 1 atom stereocenters. The SMILES string of the molecule is CC(C)Cn1nccc1NC(=O)N(C/C=C/c1ccccc1)CC1CCCO1. The molecule has 3 rings (SSSR count). The van der Waals surface area contributed by atoms with Crippen LogP contribution in [-0.2, 0) is 11.3 Å². The monoisotopic (exact) mass is 382 g/mol. The maximum absolute atomic E-state index is 13.0. The number of hydrogen-bond donors (Lipinski definition) is 1. The van der Waals surface area contributed by atoms with Crippen LogP contribution >= 0.6 is 0 Å². The quantitative estimate of drug-likeness (QED) is 0.742. The van der Waals surface area contributed by atoms with Crippen LogP contribution in [0.1, 0.15) is 32.3 Å². The van der Waals surface area contributed by atoms with Gasteiger partial charge in [0.1, 0.15) is 5.82 Å². The molecular formula is C22H30N4O2. The molecule has 0 radical (unpaired) electrons. The molecule has 1 unspecified atom stereocenters. The van der Waals surface area contributed by atoms with Gasteiger partial charge in [-0.2, -0.15) is 5.10 Å². The number of nitrogens with one attached hydrogen (secondary N) is 1. The van der Waals surface area contributed by atoms with E-state index in [0.29, 0.717) is 19.0 Å². The Labute approximate surface area is 167 Å². The zero-order valence-corrected chi connectivity index (χ0v) is 16.8. The number of carbonyl (C=O) groups excluding carboxylic acids is 1. The summed E-state index contributed by atoms with van der Waals surface area (Å²) >= 11 is 0. The molecule has 6 heteroatoms. The number of aromatic nitrogens is 2. The molecule has 0 bridgehead atoms. The molecule has 28 heavy (non-hydrogen) atoms. The molecule has 1 aromatic carbocycles. The van der Waals surface area contributed by atoms with Crippen LogP contribution in [0.2, 0.25) is 0 Å². The highest BCUT2D eigenvalue weighted by atomic mass is 16.5. The predicted octanol–water partition coefficient (Wildman–Crippen LogP) is 4.27. The lowest BCUT2D eigenvalue weighted by atomic mass is 10.2. The van der Waals surface area contributed by atoms with Crippen LogP contribution < -0.4 is 5.32 Å². The van der Waals surface area contributed by atoms with Gasteiger partial charge in [0.15, 0.2) is 0 Å². The molecule has 0 saturated carbocycles. The Kier molecular flexibility index (Phi) is 7.25. The number of urea groups is 1. The van der Waals surface area contributed by atoms with Gasteiger partial charge in [0.05, 0.1) is 12.3 Å². The Morgan fingerprint density at radius 3 is 2.89 bits per heavy atom. The van der Waals surface area contributed by atoms with E-state index in [1.54, 1.807) is 6.20 Å². The summed E-state index contributed by atoms with van der Waals surface area (Å²) in [7, 11) is 0. The van der Waals surface area contributed by atoms with Gasteiger partial charge in [-0.15, -0.1) is 0 Å². The maximum atomic E-state index is 13.0. The Balaban J connectivity index is 1.66. The summed E-state index contributed by atoms with van der Waals surface area (Å²) in [5, 5.41) is 7.34. The highest BCUT2D eigenvalue weighted by Gasteiger charge is 2.22. The molecular weight excluding hydrogens is 352 g/mol. The topological polar surface area (TPSA) is 59.4 Å². The first-order valence-electron chi connectivity index (χ1n) is 10.0. The lowest BCUT2D eigenvalue weighted by Crippen LogP contribution is -2.40. The van der Waals surface area contributed by atoms with Crippen molar-refractivity contribution in [2.45, 2.75) is 39.3 Å². The highest BCUT2D eigenvalue weighted by molar-refractivity contribution is 5.88. The number of ether oxygens (including phenoxy) is 1. The molecule has 1 N–H and O–H groups in total. The van der Waals surface area contributed by atoms with Gasteiger partial charge in [0.2, 0.25) is 0 Å². The van der Waals surface area contributed by atoms with Crippen molar-refractivity contribution in [1.82, 2.24) is 14.7 Å². The van der Waals surface area contributed by atoms with E-state index in [1.807, 2.05) is 58.1 Å². The largest absolute Gasteiger partial charge is 0.376 e. The van der Waals surface area contributed by atoms with Crippen molar-refractivity contribution < 1.29 is 9.53 Å². The molecule has 2 heterocycles. The van der Waals surface area contributed by atoms with Crippen LogP contribution in [0.4, 0.5) is 10.6 Å². The van der Waals surface area contributed by atoms with Crippen LogP contribution in [0.3, 0.4) is 0 Å². The third-order valence-corrected chi connectivity index (χ3v) is 4.66. The van der Waals surface area contributed by atoms with E-state index >= 15 is 0 Å². The van der Waals surface area contributed by atoms with E-state index in [2.05, 4.69) is 24.3 Å². The van der Waals surface area contributed by atoms with Crippen LogP contribution in [-0.4, -0.2) is 46.5 Å². The fourth-order valence-electron chi connectivity index (χ4n) is 3.27. The minimum Gasteiger partial charge on any atom is -0.376 e. The summed E-state index contributed by atoms with van der Waals surface area (Å²) in [4.78, 5) is 14.8. The van der Waals surface area contributed by atoms with Crippen LogP contribution in [0.5, 0.6) is 0 Å². The first-order valence-corrected chi connectivity index (χ1v) is 10.0. The summed E-state index contributed by atoms with van der Waals surface area (Å²) < 4.78 is 7.59. The number of rotatable bonds is 8. The molecule has 0 spiro atoms. The number of amides is 2. The summed E-state index contributed by atoms with van der Waals surface area (Å²) in [5.41, 5.74) is 1.12. The predicted molar refractivity (Wildman–Crippen MR) is 112 cm³/mol. The minimum atomic E-state index is -0.126. The van der Waals surface area contributed by atoms with Gasteiger partial charge in [-0.3, -0.25) is 5.32 Å². The summed E-state index contributed by atoms with van der Waals surface area (Å²) in [6.07, 6.45) is 7.95. The third kappa shape index (κ3) is 5.96. The number of nitrogens with zero attached hydrogens (tertiary/aromatic N) is 3. The molecule has 2 aromatic rings. The smallest absolute Gasteiger partial charge is 0.323 e. The van der Waals surface area contributed by atoms with Gasteiger partial charge in [-0.25, -0.2) is 9.48 Å². The molecule has 1 saturated heterocycles. The van der Waals surface area contributed by atoms with Crippen molar-refractivity contribution in [2.24, 2.45) is 5.92 Å². The van der Waals surface area contributed by atoms with E-state index in [0.717, 1.165) is 37.4 Å². The fourth-order valence-corrected chi connectivity index (χ4v) is 3.27. The van der Waals surface area contributed by atoms with Gasteiger partial charge in [0, 0.05) is 32.3 Å². The average Bonchev–Trinajstić information content (AvgIpc) is 3.34. The first-order chi connectivity index (χ1) is 13.6. The molecule has 1 fully saturated rings. The molecule has 1 aliphatic rings. The summed E-state index contributed by atoms with van der Waals surface area (Å²) in [6, 6.07) is 11.8. The van der Waals surface area contributed by atoms with Crippen molar-refractivity contribution in [3.05, 3.63) is 54.2 Å². The van der Waals surface area contributed by atoms with Crippen molar-refractivity contribution in [2.75, 3.05) is 25.0 Å². The van der Waals surface area contributed by atoms with Crippen molar-refractivity contribution >= 4 is 17.9 Å². The lowest BCUT2D eigenvalue weighted by molar-refractivity contribution is 0.0863. The Hall–Kier alpha value is -2.60. The van der Waals surface area contributed by atoms with Gasteiger partial charge in [0.25, 0.3) is 0 Å². The number of carbonyl (C=O) groups is 1. The Morgan fingerprint density at radius 1 is 1.36 bits per heavy atom. The van der Waals surface area contributed by atoms with Crippen molar-refractivity contribution in [3.8, 4) is 0 Å². The Morgan fingerprint density at radius 2 is 2.18 bits per heavy atom. The molecule has 2 amide bonds. The van der Waals surface area contributed by atoms with Crippen LogP contribution in [0, 0.1) is 5.92 Å². The van der Waals surface area contributed by atoms with E-state index in [9.17, 15) is 4.79 Å². The van der Waals surface area contributed by atoms with Gasteiger partial charge in [-0.1, -0.05) is 56.3 Å². The van der Waals surface area contributed by atoms with E-state index in [1.165, 1.54) is 0 Å². The number of hydrogen-bond acceptors (Lipinski definition) is 3. The second kappa shape index (κ2) is 10.1. The molecule has 6 nitrogen and oxygen atoms in total. The molecule has 150 valence electrons.